The third-order valence-electron chi connectivity index (χ3n) is 7.26. The van der Waals surface area contributed by atoms with E-state index in [2.05, 4.69) is 20.8 Å². The summed E-state index contributed by atoms with van der Waals surface area (Å²) in [6.45, 7) is 8.77. The van der Waals surface area contributed by atoms with Crippen LogP contribution in [0.2, 0.25) is 0 Å². The van der Waals surface area contributed by atoms with Crippen LogP contribution in [0.4, 0.5) is 0 Å². The van der Waals surface area contributed by atoms with Crippen LogP contribution in [0.1, 0.15) is 59.8 Å². The minimum atomic E-state index is -3.86. The molecule has 1 aliphatic heterocycles. The van der Waals surface area contributed by atoms with Gasteiger partial charge in [-0.3, -0.25) is 0 Å². The summed E-state index contributed by atoms with van der Waals surface area (Å²) >= 11 is 0. The van der Waals surface area contributed by atoms with Crippen molar-refractivity contribution in [2.24, 2.45) is 22.7 Å². The molecule has 1 spiro atoms. The van der Waals surface area contributed by atoms with Gasteiger partial charge in [-0.05, 0) is 56.3 Å². The van der Waals surface area contributed by atoms with Gasteiger partial charge in [-0.1, -0.05) is 20.8 Å². The van der Waals surface area contributed by atoms with Gasteiger partial charge in [-0.2, -0.15) is 8.42 Å². The molecule has 5 atom stereocenters. The molecular formula is C15H24O4S. The van der Waals surface area contributed by atoms with Gasteiger partial charge in [-0.25, -0.2) is 8.37 Å². The highest BCUT2D eigenvalue weighted by Gasteiger charge is 2.81. The molecule has 1 saturated heterocycles. The summed E-state index contributed by atoms with van der Waals surface area (Å²) in [6.07, 6.45) is 5.12. The van der Waals surface area contributed by atoms with Gasteiger partial charge in [0.1, 0.15) is 11.2 Å². The standard InChI is InChI=1S/C15H24O4S/c1-12(2)9-15-13(3)8-7-10(5-6-11(12)13)14(15,4)18-20(16,17)19-15/h10-11H,5-9H2,1-4H3/t10-,11-,13-,14-,15-/m0/s1. The Morgan fingerprint density at radius 1 is 1.00 bits per heavy atom. The predicted molar refractivity (Wildman–Crippen MR) is 74.2 cm³/mol. The van der Waals surface area contributed by atoms with Crippen LogP contribution in [-0.4, -0.2) is 19.6 Å². The largest absolute Gasteiger partial charge is 0.401 e. The normalized spacial score (nSPS) is 58.4. The van der Waals surface area contributed by atoms with Gasteiger partial charge >= 0.3 is 10.4 Å². The van der Waals surface area contributed by atoms with E-state index in [0.29, 0.717) is 11.8 Å². The number of rotatable bonds is 0. The highest BCUT2D eigenvalue weighted by molar-refractivity contribution is 7.82. The molecular weight excluding hydrogens is 276 g/mol. The van der Waals surface area contributed by atoms with E-state index in [1.165, 1.54) is 0 Å². The van der Waals surface area contributed by atoms with Crippen LogP contribution in [0, 0.1) is 22.7 Å². The fraction of sp³-hybridized carbons (Fsp3) is 1.00. The first-order chi connectivity index (χ1) is 9.07. The van der Waals surface area contributed by atoms with Crippen LogP contribution in [0.3, 0.4) is 0 Å². The fourth-order valence-electron chi connectivity index (χ4n) is 6.55. The van der Waals surface area contributed by atoms with Crippen LogP contribution in [-0.2, 0) is 18.8 Å². The Morgan fingerprint density at radius 2 is 1.70 bits per heavy atom. The molecule has 0 aromatic carbocycles. The lowest BCUT2D eigenvalue weighted by atomic mass is 9.56. The lowest BCUT2D eigenvalue weighted by molar-refractivity contribution is -0.162. The van der Waals surface area contributed by atoms with E-state index < -0.39 is 21.6 Å². The van der Waals surface area contributed by atoms with Crippen LogP contribution in [0.5, 0.6) is 0 Å². The highest BCUT2D eigenvalue weighted by atomic mass is 32.3. The van der Waals surface area contributed by atoms with Gasteiger partial charge in [-0.15, -0.1) is 0 Å². The second kappa shape index (κ2) is 3.28. The van der Waals surface area contributed by atoms with E-state index in [9.17, 15) is 8.42 Å². The summed E-state index contributed by atoms with van der Waals surface area (Å²) in [5.74, 6) is 0.813. The van der Waals surface area contributed by atoms with Crippen molar-refractivity contribution in [2.45, 2.75) is 71.0 Å². The summed E-state index contributed by atoms with van der Waals surface area (Å²) in [6, 6.07) is 0. The SMILES string of the molecule is CC1(C)C[C@@]23OS(=O)(=O)O[C@@]2(C)[C@H]2CC[C@@H]1[C@]3(C)CC2. The second-order valence-corrected chi connectivity index (χ2v) is 9.61. The minimum absolute atomic E-state index is 0.0954. The molecule has 0 unspecified atom stereocenters. The third-order valence-corrected chi connectivity index (χ3v) is 8.29. The van der Waals surface area contributed by atoms with Crippen molar-refractivity contribution >= 4 is 10.4 Å². The zero-order valence-corrected chi connectivity index (χ0v) is 13.5. The van der Waals surface area contributed by atoms with E-state index in [1.807, 2.05) is 6.92 Å². The van der Waals surface area contributed by atoms with Crippen LogP contribution in [0.15, 0.2) is 0 Å². The maximum Gasteiger partial charge on any atom is 0.401 e. The number of hydrogen-bond acceptors (Lipinski definition) is 4. The summed E-state index contributed by atoms with van der Waals surface area (Å²) in [5, 5.41) is 0. The summed E-state index contributed by atoms with van der Waals surface area (Å²) in [7, 11) is -3.86. The van der Waals surface area contributed by atoms with E-state index in [-0.39, 0.29) is 10.8 Å². The van der Waals surface area contributed by atoms with Gasteiger partial charge in [0.15, 0.2) is 0 Å². The van der Waals surface area contributed by atoms with Crippen molar-refractivity contribution in [3.63, 3.8) is 0 Å². The molecule has 0 amide bonds. The third kappa shape index (κ3) is 1.21. The topological polar surface area (TPSA) is 52.6 Å². The second-order valence-electron chi connectivity index (χ2n) is 8.46. The lowest BCUT2D eigenvalue weighted by Crippen LogP contribution is -2.63. The smallest absolute Gasteiger partial charge is 0.238 e. The molecule has 20 heavy (non-hydrogen) atoms. The first-order valence-corrected chi connectivity index (χ1v) is 9.06. The number of hydrogen-bond donors (Lipinski definition) is 0. The molecule has 5 fully saturated rings. The maximum atomic E-state index is 12.1. The molecule has 5 heteroatoms. The van der Waals surface area contributed by atoms with Crippen molar-refractivity contribution in [1.82, 2.24) is 0 Å². The van der Waals surface area contributed by atoms with Crippen molar-refractivity contribution < 1.29 is 16.8 Å². The van der Waals surface area contributed by atoms with Crippen molar-refractivity contribution in [1.29, 1.82) is 0 Å². The molecule has 4 aliphatic carbocycles. The molecule has 4 bridgehead atoms. The molecule has 1 heterocycles. The van der Waals surface area contributed by atoms with Gasteiger partial charge in [0.2, 0.25) is 0 Å². The van der Waals surface area contributed by atoms with E-state index >= 15 is 0 Å². The maximum absolute atomic E-state index is 12.1. The summed E-state index contributed by atoms with van der Waals surface area (Å²) in [4.78, 5) is 0. The monoisotopic (exact) mass is 300 g/mol. The number of fused-ring (bicyclic) bond motifs is 2. The average Bonchev–Trinajstić information content (AvgIpc) is 2.48. The van der Waals surface area contributed by atoms with E-state index in [0.717, 1.165) is 32.1 Å². The van der Waals surface area contributed by atoms with E-state index in [1.54, 1.807) is 0 Å². The molecule has 4 nitrogen and oxygen atoms in total. The molecule has 0 radical (unpaired) electrons. The molecule has 114 valence electrons. The molecule has 4 saturated carbocycles. The highest BCUT2D eigenvalue weighted by Crippen LogP contribution is 2.76. The summed E-state index contributed by atoms with van der Waals surface area (Å²) < 4.78 is 35.6. The average molecular weight is 300 g/mol. The van der Waals surface area contributed by atoms with Crippen LogP contribution >= 0.6 is 0 Å². The predicted octanol–water partition coefficient (Wildman–Crippen LogP) is 3.03. The molecule has 5 aliphatic rings. The van der Waals surface area contributed by atoms with Gasteiger partial charge < -0.3 is 0 Å². The molecule has 0 aromatic rings. The Bertz CT molecular complexity index is 583. The molecule has 0 N–H and O–H groups in total. The summed E-state index contributed by atoms with van der Waals surface area (Å²) in [5.41, 5.74) is -1.33. The Kier molecular flexibility index (Phi) is 2.22. The van der Waals surface area contributed by atoms with Crippen molar-refractivity contribution in [3.05, 3.63) is 0 Å². The van der Waals surface area contributed by atoms with Crippen molar-refractivity contribution in [3.8, 4) is 0 Å². The molecule has 0 aromatic heterocycles. The lowest BCUT2D eigenvalue weighted by Gasteiger charge is -2.53. The Hall–Kier alpha value is -0.130. The quantitative estimate of drug-likeness (QED) is 0.690. The van der Waals surface area contributed by atoms with Gasteiger partial charge in [0.05, 0.1) is 0 Å². The Labute approximate surface area is 121 Å². The molecule has 5 rings (SSSR count). The fourth-order valence-corrected chi connectivity index (χ4v) is 8.04. The van der Waals surface area contributed by atoms with Gasteiger partial charge in [0.25, 0.3) is 0 Å². The Balaban J connectivity index is 2.02. The van der Waals surface area contributed by atoms with Crippen LogP contribution < -0.4 is 0 Å². The Morgan fingerprint density at radius 3 is 2.40 bits per heavy atom. The first-order valence-electron chi connectivity index (χ1n) is 7.73. The van der Waals surface area contributed by atoms with Crippen LogP contribution in [0.25, 0.3) is 0 Å². The first kappa shape index (κ1) is 13.5. The zero-order chi connectivity index (χ0) is 14.6. The van der Waals surface area contributed by atoms with E-state index in [4.69, 9.17) is 8.37 Å². The van der Waals surface area contributed by atoms with Crippen molar-refractivity contribution in [2.75, 3.05) is 0 Å². The minimum Gasteiger partial charge on any atom is -0.238 e. The van der Waals surface area contributed by atoms with Gasteiger partial charge in [0, 0.05) is 5.41 Å². The zero-order valence-electron chi connectivity index (χ0n) is 12.7.